The van der Waals surface area contributed by atoms with E-state index in [0.29, 0.717) is 5.69 Å². The Kier molecular flexibility index (Phi) is 2.90. The third-order valence-electron chi connectivity index (χ3n) is 2.49. The van der Waals surface area contributed by atoms with E-state index in [9.17, 15) is 4.39 Å². The third-order valence-corrected chi connectivity index (χ3v) is 2.49. The van der Waals surface area contributed by atoms with E-state index in [4.69, 9.17) is 0 Å². The molecule has 0 radical (unpaired) electrons. The van der Waals surface area contributed by atoms with E-state index in [0.717, 1.165) is 11.3 Å². The van der Waals surface area contributed by atoms with Gasteiger partial charge in [-0.15, -0.1) is 0 Å². The fourth-order valence-corrected chi connectivity index (χ4v) is 1.56. The summed E-state index contributed by atoms with van der Waals surface area (Å²) in [6.45, 7) is 3.82. The van der Waals surface area contributed by atoms with E-state index in [1.165, 1.54) is 6.07 Å². The first-order chi connectivity index (χ1) is 7.66. The molecule has 2 N–H and O–H groups in total. The Hall–Kier alpha value is -1.84. The van der Waals surface area contributed by atoms with Crippen molar-refractivity contribution < 1.29 is 4.39 Å². The van der Waals surface area contributed by atoms with Crippen LogP contribution < -0.4 is 5.32 Å². The lowest BCUT2D eigenvalue weighted by Gasteiger charge is -2.14. The van der Waals surface area contributed by atoms with Crippen LogP contribution in [0.15, 0.2) is 30.5 Å². The topological polar surface area (TPSA) is 40.7 Å². The maximum atomic E-state index is 13.6. The molecule has 16 heavy (non-hydrogen) atoms. The summed E-state index contributed by atoms with van der Waals surface area (Å²) in [4.78, 5) is 0. The van der Waals surface area contributed by atoms with Crippen LogP contribution in [0.4, 0.5) is 10.1 Å². The second kappa shape index (κ2) is 4.35. The normalized spacial score (nSPS) is 12.4. The lowest BCUT2D eigenvalue weighted by Crippen LogP contribution is -2.08. The summed E-state index contributed by atoms with van der Waals surface area (Å²) in [6.07, 6.45) is 1.68. The third kappa shape index (κ3) is 2.21. The van der Waals surface area contributed by atoms with Gasteiger partial charge < -0.3 is 5.32 Å². The molecule has 2 aromatic rings. The summed E-state index contributed by atoms with van der Waals surface area (Å²) >= 11 is 0. The number of rotatable bonds is 3. The molecule has 1 unspecified atom stereocenters. The standard InChI is InChI=1S/C12H14FN3/c1-8-3-4-12(10(13)7-8)15-9(2)11-5-6-14-16-11/h3-7,9,15H,1-2H3,(H,14,16). The molecule has 0 saturated carbocycles. The van der Waals surface area contributed by atoms with E-state index >= 15 is 0 Å². The first kappa shape index (κ1) is 10.7. The first-order valence-corrected chi connectivity index (χ1v) is 5.19. The van der Waals surface area contributed by atoms with Crippen molar-refractivity contribution in [3.8, 4) is 0 Å². The highest BCUT2D eigenvalue weighted by Crippen LogP contribution is 2.20. The maximum Gasteiger partial charge on any atom is 0.146 e. The zero-order chi connectivity index (χ0) is 11.5. The number of nitrogens with zero attached hydrogens (tertiary/aromatic N) is 1. The second-order valence-corrected chi connectivity index (χ2v) is 3.86. The summed E-state index contributed by atoms with van der Waals surface area (Å²) in [7, 11) is 0. The Morgan fingerprint density at radius 3 is 2.81 bits per heavy atom. The zero-order valence-corrected chi connectivity index (χ0v) is 9.29. The van der Waals surface area contributed by atoms with Crippen molar-refractivity contribution in [2.45, 2.75) is 19.9 Å². The van der Waals surface area contributed by atoms with E-state index in [1.807, 2.05) is 26.0 Å². The van der Waals surface area contributed by atoms with E-state index in [-0.39, 0.29) is 11.9 Å². The first-order valence-electron chi connectivity index (χ1n) is 5.19. The van der Waals surface area contributed by atoms with Crippen molar-refractivity contribution in [2.24, 2.45) is 0 Å². The molecule has 1 heterocycles. The SMILES string of the molecule is Cc1ccc(NC(C)c2ccn[nH]2)c(F)c1. The van der Waals surface area contributed by atoms with Crippen LogP contribution in [0.2, 0.25) is 0 Å². The van der Waals surface area contributed by atoms with Gasteiger partial charge in [0.1, 0.15) is 5.82 Å². The molecule has 2 rings (SSSR count). The summed E-state index contributed by atoms with van der Waals surface area (Å²) in [6, 6.07) is 7.01. The van der Waals surface area contributed by atoms with Crippen LogP contribution in [0.5, 0.6) is 0 Å². The molecule has 0 aliphatic heterocycles. The molecule has 0 fully saturated rings. The maximum absolute atomic E-state index is 13.6. The van der Waals surface area contributed by atoms with Gasteiger partial charge in [-0.1, -0.05) is 6.07 Å². The fraction of sp³-hybridized carbons (Fsp3) is 0.250. The highest BCUT2D eigenvalue weighted by Gasteiger charge is 2.09. The van der Waals surface area contributed by atoms with Crippen LogP contribution >= 0.6 is 0 Å². The van der Waals surface area contributed by atoms with Crippen LogP contribution in [0.3, 0.4) is 0 Å². The summed E-state index contributed by atoms with van der Waals surface area (Å²) in [5, 5.41) is 9.81. The molecular formula is C12H14FN3. The minimum atomic E-state index is -0.230. The number of benzene rings is 1. The van der Waals surface area contributed by atoms with Crippen molar-refractivity contribution >= 4 is 5.69 Å². The highest BCUT2D eigenvalue weighted by molar-refractivity contribution is 5.47. The van der Waals surface area contributed by atoms with Crippen molar-refractivity contribution in [2.75, 3.05) is 5.32 Å². The number of aromatic nitrogens is 2. The Bertz CT molecular complexity index is 465. The molecule has 4 heteroatoms. The van der Waals surface area contributed by atoms with E-state index in [1.54, 1.807) is 12.3 Å². The fourth-order valence-electron chi connectivity index (χ4n) is 1.56. The van der Waals surface area contributed by atoms with Gasteiger partial charge in [-0.05, 0) is 37.6 Å². The molecule has 3 nitrogen and oxygen atoms in total. The van der Waals surface area contributed by atoms with Crippen LogP contribution in [-0.2, 0) is 0 Å². The van der Waals surface area contributed by atoms with Gasteiger partial charge in [-0.25, -0.2) is 4.39 Å². The van der Waals surface area contributed by atoms with Gasteiger partial charge in [0.05, 0.1) is 17.4 Å². The number of H-pyrrole nitrogens is 1. The molecular weight excluding hydrogens is 205 g/mol. The van der Waals surface area contributed by atoms with Crippen LogP contribution in [0.1, 0.15) is 24.2 Å². The summed E-state index contributed by atoms with van der Waals surface area (Å²) in [5.41, 5.74) is 2.35. The van der Waals surface area contributed by atoms with Gasteiger partial charge in [-0.2, -0.15) is 5.10 Å². The largest absolute Gasteiger partial charge is 0.375 e. The number of aromatic amines is 1. The molecule has 0 spiro atoms. The van der Waals surface area contributed by atoms with E-state index in [2.05, 4.69) is 15.5 Å². The van der Waals surface area contributed by atoms with Crippen LogP contribution in [0.25, 0.3) is 0 Å². The minimum absolute atomic E-state index is 0.000272. The predicted octanol–water partition coefficient (Wildman–Crippen LogP) is 3.03. The van der Waals surface area contributed by atoms with Crippen molar-refractivity contribution in [3.63, 3.8) is 0 Å². The highest BCUT2D eigenvalue weighted by atomic mass is 19.1. The lowest BCUT2D eigenvalue weighted by atomic mass is 10.2. The molecule has 0 saturated heterocycles. The monoisotopic (exact) mass is 219 g/mol. The summed E-state index contributed by atoms with van der Waals surface area (Å²) < 4.78 is 13.6. The Morgan fingerprint density at radius 1 is 1.38 bits per heavy atom. The Labute approximate surface area is 93.7 Å². The Balaban J connectivity index is 2.15. The molecule has 0 aliphatic carbocycles. The molecule has 0 aliphatic rings. The molecule has 1 aromatic carbocycles. The number of nitrogens with one attached hydrogen (secondary N) is 2. The second-order valence-electron chi connectivity index (χ2n) is 3.86. The average Bonchev–Trinajstić information content (AvgIpc) is 2.75. The number of anilines is 1. The lowest BCUT2D eigenvalue weighted by molar-refractivity contribution is 0.625. The van der Waals surface area contributed by atoms with Crippen LogP contribution in [-0.4, -0.2) is 10.2 Å². The molecule has 1 atom stereocenters. The van der Waals surface area contributed by atoms with Gasteiger partial charge in [0.2, 0.25) is 0 Å². The zero-order valence-electron chi connectivity index (χ0n) is 9.29. The van der Waals surface area contributed by atoms with Gasteiger partial charge in [-0.3, -0.25) is 5.10 Å². The quantitative estimate of drug-likeness (QED) is 0.833. The Morgan fingerprint density at radius 2 is 2.19 bits per heavy atom. The van der Waals surface area contributed by atoms with Crippen molar-refractivity contribution in [3.05, 3.63) is 47.5 Å². The van der Waals surface area contributed by atoms with Gasteiger partial charge >= 0.3 is 0 Å². The molecule has 1 aromatic heterocycles. The smallest absolute Gasteiger partial charge is 0.146 e. The van der Waals surface area contributed by atoms with Crippen LogP contribution in [0, 0.1) is 12.7 Å². The molecule has 0 amide bonds. The number of hydrogen-bond donors (Lipinski definition) is 2. The molecule has 0 bridgehead atoms. The van der Waals surface area contributed by atoms with Gasteiger partial charge in [0.25, 0.3) is 0 Å². The minimum Gasteiger partial charge on any atom is -0.375 e. The number of halogens is 1. The predicted molar refractivity (Wildman–Crippen MR) is 61.8 cm³/mol. The van der Waals surface area contributed by atoms with Gasteiger partial charge in [0, 0.05) is 6.20 Å². The summed E-state index contributed by atoms with van der Waals surface area (Å²) in [5.74, 6) is -0.230. The number of hydrogen-bond acceptors (Lipinski definition) is 2. The molecule has 84 valence electrons. The van der Waals surface area contributed by atoms with Gasteiger partial charge in [0.15, 0.2) is 0 Å². The van der Waals surface area contributed by atoms with E-state index < -0.39 is 0 Å². The van der Waals surface area contributed by atoms with Crippen molar-refractivity contribution in [1.82, 2.24) is 10.2 Å². The van der Waals surface area contributed by atoms with Crippen molar-refractivity contribution in [1.29, 1.82) is 0 Å². The average molecular weight is 219 g/mol. The number of aryl methyl sites for hydroxylation is 1.